The molecule has 1 amide bonds. The van der Waals surface area contributed by atoms with Crippen molar-refractivity contribution < 1.29 is 27.4 Å². The Morgan fingerprint density at radius 1 is 1.10 bits per heavy atom. The van der Waals surface area contributed by atoms with E-state index in [0.29, 0.717) is 22.8 Å². The maximum Gasteiger partial charge on any atom is 0.268 e. The second-order valence-corrected chi connectivity index (χ2v) is 6.15. The van der Waals surface area contributed by atoms with Crippen LogP contribution >= 0.6 is 0 Å². The summed E-state index contributed by atoms with van der Waals surface area (Å²) in [5.74, 6) is 0.354. The van der Waals surface area contributed by atoms with Crippen molar-refractivity contribution in [1.82, 2.24) is 4.31 Å². The van der Waals surface area contributed by atoms with E-state index in [-0.39, 0.29) is 12.1 Å². The van der Waals surface area contributed by atoms with Crippen LogP contribution in [0, 0.1) is 0 Å². The molecule has 8 heteroatoms. The van der Waals surface area contributed by atoms with Crippen LogP contribution in [0.5, 0.6) is 17.2 Å². The number of methoxy groups -OCH3 is 3. The number of carbonyl (C=O) groups excluding carboxylic acids is 1. The number of carbonyl (C=O) groups is 1. The summed E-state index contributed by atoms with van der Waals surface area (Å²) < 4.78 is 39.6. The van der Waals surface area contributed by atoms with Crippen molar-refractivity contribution in [3.05, 3.63) is 17.2 Å². The van der Waals surface area contributed by atoms with Crippen LogP contribution in [0.1, 0.15) is 15.9 Å². The first-order valence-electron chi connectivity index (χ1n) is 5.69. The highest BCUT2D eigenvalue weighted by molar-refractivity contribution is 7.88. The number of amides is 1. The molecule has 0 fully saturated rings. The van der Waals surface area contributed by atoms with E-state index in [9.17, 15) is 13.2 Å². The summed E-state index contributed by atoms with van der Waals surface area (Å²) in [6.45, 7) is -0.0729. The van der Waals surface area contributed by atoms with E-state index in [1.54, 1.807) is 0 Å². The summed E-state index contributed by atoms with van der Waals surface area (Å²) in [5, 5.41) is 0. The minimum absolute atomic E-state index is 0.0729. The first-order valence-corrected chi connectivity index (χ1v) is 7.53. The average Bonchev–Trinajstić information content (AvgIpc) is 2.73. The van der Waals surface area contributed by atoms with E-state index in [1.807, 2.05) is 0 Å². The molecule has 0 atom stereocenters. The van der Waals surface area contributed by atoms with Crippen LogP contribution in [0.15, 0.2) is 6.07 Å². The van der Waals surface area contributed by atoms with Crippen molar-refractivity contribution in [3.8, 4) is 17.2 Å². The lowest BCUT2D eigenvalue weighted by atomic mass is 10.1. The van der Waals surface area contributed by atoms with Crippen molar-refractivity contribution in [1.29, 1.82) is 0 Å². The van der Waals surface area contributed by atoms with Crippen LogP contribution in [0.4, 0.5) is 0 Å². The van der Waals surface area contributed by atoms with Gasteiger partial charge in [0.1, 0.15) is 0 Å². The third-order valence-electron chi connectivity index (χ3n) is 3.09. The molecule has 20 heavy (non-hydrogen) atoms. The Balaban J connectivity index is 2.68. The fourth-order valence-corrected chi connectivity index (χ4v) is 2.94. The highest BCUT2D eigenvalue weighted by Gasteiger charge is 2.38. The van der Waals surface area contributed by atoms with Gasteiger partial charge in [-0.15, -0.1) is 0 Å². The number of nitrogens with zero attached hydrogens (tertiary/aromatic N) is 1. The largest absolute Gasteiger partial charge is 0.493 e. The van der Waals surface area contributed by atoms with Crippen LogP contribution in [-0.2, 0) is 16.6 Å². The fourth-order valence-electron chi connectivity index (χ4n) is 2.18. The maximum absolute atomic E-state index is 12.2. The van der Waals surface area contributed by atoms with Crippen LogP contribution in [0.3, 0.4) is 0 Å². The minimum atomic E-state index is -3.64. The molecule has 1 aliphatic heterocycles. The number of fused-ring (bicyclic) bond motifs is 1. The molecule has 0 radical (unpaired) electrons. The zero-order chi connectivity index (χ0) is 15.1. The summed E-state index contributed by atoms with van der Waals surface area (Å²) in [4.78, 5) is 12.2. The predicted molar refractivity (Wildman–Crippen MR) is 70.8 cm³/mol. The van der Waals surface area contributed by atoms with Gasteiger partial charge in [0.05, 0.1) is 39.7 Å². The van der Waals surface area contributed by atoms with Gasteiger partial charge in [-0.3, -0.25) is 4.79 Å². The van der Waals surface area contributed by atoms with E-state index in [0.717, 1.165) is 10.6 Å². The third-order valence-corrected chi connectivity index (χ3v) is 4.19. The second kappa shape index (κ2) is 4.86. The SMILES string of the molecule is COc1cc2c(c(OC)c1OC)CN(S(C)(=O)=O)C2=O. The van der Waals surface area contributed by atoms with Crippen molar-refractivity contribution in [2.24, 2.45) is 0 Å². The topological polar surface area (TPSA) is 82.1 Å². The average molecular weight is 301 g/mol. The molecular weight excluding hydrogens is 286 g/mol. The monoisotopic (exact) mass is 301 g/mol. The van der Waals surface area contributed by atoms with Gasteiger partial charge in [-0.05, 0) is 6.07 Å². The minimum Gasteiger partial charge on any atom is -0.493 e. The van der Waals surface area contributed by atoms with Gasteiger partial charge in [-0.2, -0.15) is 0 Å². The van der Waals surface area contributed by atoms with Gasteiger partial charge < -0.3 is 14.2 Å². The quantitative estimate of drug-likeness (QED) is 0.811. The Bertz CT molecular complexity index is 667. The van der Waals surface area contributed by atoms with E-state index < -0.39 is 15.9 Å². The van der Waals surface area contributed by atoms with E-state index in [1.165, 1.54) is 27.4 Å². The molecule has 7 nitrogen and oxygen atoms in total. The molecule has 110 valence electrons. The Labute approximate surface area is 117 Å². The van der Waals surface area contributed by atoms with Crippen LogP contribution < -0.4 is 14.2 Å². The smallest absolute Gasteiger partial charge is 0.268 e. The Hall–Kier alpha value is -1.96. The molecule has 1 aliphatic rings. The Kier molecular flexibility index (Phi) is 3.51. The summed E-state index contributed by atoms with van der Waals surface area (Å²) >= 11 is 0. The van der Waals surface area contributed by atoms with E-state index >= 15 is 0 Å². The number of hydrogen-bond donors (Lipinski definition) is 0. The first-order chi connectivity index (χ1) is 9.35. The molecule has 0 spiro atoms. The van der Waals surface area contributed by atoms with Crippen molar-refractivity contribution in [3.63, 3.8) is 0 Å². The summed E-state index contributed by atoms with van der Waals surface area (Å²) in [6.07, 6.45) is 0.984. The van der Waals surface area contributed by atoms with Gasteiger partial charge in [0.25, 0.3) is 5.91 Å². The number of sulfonamides is 1. The number of benzene rings is 1. The molecule has 0 saturated heterocycles. The molecule has 0 N–H and O–H groups in total. The maximum atomic E-state index is 12.2. The molecule has 0 aromatic heterocycles. The lowest BCUT2D eigenvalue weighted by molar-refractivity contribution is 0.0880. The first kappa shape index (κ1) is 14.4. The summed E-state index contributed by atoms with van der Waals surface area (Å²) in [7, 11) is 0.655. The second-order valence-electron chi connectivity index (χ2n) is 4.25. The van der Waals surface area contributed by atoms with Gasteiger partial charge in [0, 0.05) is 5.56 Å². The van der Waals surface area contributed by atoms with Crippen LogP contribution in [0.2, 0.25) is 0 Å². The Morgan fingerprint density at radius 2 is 1.70 bits per heavy atom. The van der Waals surface area contributed by atoms with Crippen LogP contribution in [0.25, 0.3) is 0 Å². The molecule has 0 saturated carbocycles. The normalized spacial score (nSPS) is 14.2. The Morgan fingerprint density at radius 3 is 2.15 bits per heavy atom. The zero-order valence-electron chi connectivity index (χ0n) is 11.6. The molecule has 2 rings (SSSR count). The molecule has 0 bridgehead atoms. The number of rotatable bonds is 4. The standard InChI is InChI=1S/C12H15NO6S/c1-17-9-5-7-8(10(18-2)11(9)19-3)6-13(12(7)14)20(4,15)16/h5H,6H2,1-4H3. The highest BCUT2D eigenvalue weighted by atomic mass is 32.2. The highest BCUT2D eigenvalue weighted by Crippen LogP contribution is 2.45. The van der Waals surface area contributed by atoms with Gasteiger partial charge in [0.2, 0.25) is 15.8 Å². The van der Waals surface area contributed by atoms with Gasteiger partial charge in [0.15, 0.2) is 11.5 Å². The molecule has 0 unspecified atom stereocenters. The zero-order valence-corrected chi connectivity index (χ0v) is 12.4. The molecular formula is C12H15NO6S. The lowest BCUT2D eigenvalue weighted by Gasteiger charge is -2.14. The summed E-state index contributed by atoms with van der Waals surface area (Å²) in [5.41, 5.74) is 0.713. The molecule has 0 aliphatic carbocycles. The van der Waals surface area contributed by atoms with Gasteiger partial charge >= 0.3 is 0 Å². The van der Waals surface area contributed by atoms with Crippen molar-refractivity contribution in [2.45, 2.75) is 6.54 Å². The van der Waals surface area contributed by atoms with Gasteiger partial charge in [-0.25, -0.2) is 12.7 Å². The molecule has 1 heterocycles. The lowest BCUT2D eigenvalue weighted by Crippen LogP contribution is -2.30. The van der Waals surface area contributed by atoms with Crippen LogP contribution in [-0.4, -0.2) is 46.2 Å². The fraction of sp³-hybridized carbons (Fsp3) is 0.417. The number of ether oxygens (including phenoxy) is 3. The number of hydrogen-bond acceptors (Lipinski definition) is 6. The van der Waals surface area contributed by atoms with Crippen molar-refractivity contribution in [2.75, 3.05) is 27.6 Å². The predicted octanol–water partition coefficient (Wildman–Crippen LogP) is 0.628. The van der Waals surface area contributed by atoms with E-state index in [2.05, 4.69) is 0 Å². The molecule has 1 aromatic rings. The van der Waals surface area contributed by atoms with E-state index in [4.69, 9.17) is 14.2 Å². The summed E-state index contributed by atoms with van der Waals surface area (Å²) in [6, 6.07) is 1.46. The van der Waals surface area contributed by atoms with Gasteiger partial charge in [-0.1, -0.05) is 0 Å². The van der Waals surface area contributed by atoms with Crippen molar-refractivity contribution >= 4 is 15.9 Å². The molecule has 1 aromatic carbocycles. The third kappa shape index (κ3) is 2.05.